The summed E-state index contributed by atoms with van der Waals surface area (Å²) in [5, 5.41) is 8.89. The molecule has 0 fully saturated rings. The number of carbonyl (C=O) groups is 1. The van der Waals surface area contributed by atoms with Gasteiger partial charge in [0, 0.05) is 13.5 Å². The summed E-state index contributed by atoms with van der Waals surface area (Å²) in [6.07, 6.45) is 4.69. The van der Waals surface area contributed by atoms with Crippen molar-refractivity contribution in [3.8, 4) is 0 Å². The molecule has 0 aliphatic carbocycles. The van der Waals surface area contributed by atoms with Gasteiger partial charge >= 0.3 is 0 Å². The van der Waals surface area contributed by atoms with E-state index in [0.29, 0.717) is 6.42 Å². The number of hydrogen-bond acceptors (Lipinski definition) is 3. The van der Waals surface area contributed by atoms with Crippen molar-refractivity contribution >= 4 is 5.91 Å². The lowest BCUT2D eigenvalue weighted by molar-refractivity contribution is -0.132. The number of nitrogens with two attached hydrogens (primary N) is 1. The lowest BCUT2D eigenvalue weighted by Gasteiger charge is -2.23. The summed E-state index contributed by atoms with van der Waals surface area (Å²) in [4.78, 5) is 13.2. The van der Waals surface area contributed by atoms with Crippen LogP contribution in [-0.2, 0) is 4.79 Å². The van der Waals surface area contributed by atoms with Gasteiger partial charge in [0.05, 0.1) is 12.6 Å². The highest BCUT2D eigenvalue weighted by Crippen LogP contribution is 2.06. The first kappa shape index (κ1) is 14.4. The number of aliphatic hydroxyl groups excluding tert-OH is 1. The molecule has 0 radical (unpaired) electrons. The third-order valence-corrected chi connectivity index (χ3v) is 2.66. The zero-order chi connectivity index (χ0) is 11.7. The Bertz CT molecular complexity index is 174. The van der Waals surface area contributed by atoms with E-state index in [1.807, 2.05) is 6.92 Å². The normalized spacial score (nSPS) is 12.5. The van der Waals surface area contributed by atoms with Gasteiger partial charge in [-0.2, -0.15) is 0 Å². The summed E-state index contributed by atoms with van der Waals surface area (Å²) < 4.78 is 0. The van der Waals surface area contributed by atoms with E-state index in [1.165, 1.54) is 0 Å². The minimum Gasteiger partial charge on any atom is -0.394 e. The Kier molecular flexibility index (Phi) is 8.33. The number of aliphatic hydroxyl groups is 1. The molecule has 4 heteroatoms. The van der Waals surface area contributed by atoms with Crippen LogP contribution < -0.4 is 5.73 Å². The monoisotopic (exact) mass is 216 g/mol. The van der Waals surface area contributed by atoms with Crippen molar-refractivity contribution in [1.29, 1.82) is 0 Å². The first-order chi connectivity index (χ1) is 7.13. The number of unbranched alkanes of at least 4 members (excludes halogenated alkanes) is 3. The summed E-state index contributed by atoms with van der Waals surface area (Å²) in [5.41, 5.74) is 5.37. The fraction of sp³-hybridized carbons (Fsp3) is 0.909. The van der Waals surface area contributed by atoms with E-state index in [1.54, 1.807) is 11.9 Å². The lowest BCUT2D eigenvalue weighted by atomic mass is 10.1. The SMILES string of the molecule is CC(CO)N(C)C(=O)CCCCCCN. The van der Waals surface area contributed by atoms with E-state index in [2.05, 4.69) is 0 Å². The summed E-state index contributed by atoms with van der Waals surface area (Å²) in [6.45, 7) is 2.59. The quantitative estimate of drug-likeness (QED) is 0.588. The highest BCUT2D eigenvalue weighted by molar-refractivity contribution is 5.76. The van der Waals surface area contributed by atoms with E-state index in [9.17, 15) is 4.79 Å². The second kappa shape index (κ2) is 8.68. The van der Waals surface area contributed by atoms with Crippen LogP contribution in [0.3, 0.4) is 0 Å². The van der Waals surface area contributed by atoms with Gasteiger partial charge in [0.1, 0.15) is 0 Å². The van der Waals surface area contributed by atoms with Crippen molar-refractivity contribution in [2.75, 3.05) is 20.2 Å². The Labute approximate surface area is 92.4 Å². The topological polar surface area (TPSA) is 66.6 Å². The second-order valence-electron chi connectivity index (χ2n) is 3.99. The zero-order valence-corrected chi connectivity index (χ0v) is 9.91. The van der Waals surface area contributed by atoms with Gasteiger partial charge in [-0.25, -0.2) is 0 Å². The lowest BCUT2D eigenvalue weighted by Crippen LogP contribution is -2.37. The molecule has 4 nitrogen and oxygen atoms in total. The van der Waals surface area contributed by atoms with Crippen molar-refractivity contribution < 1.29 is 9.90 Å². The highest BCUT2D eigenvalue weighted by atomic mass is 16.3. The van der Waals surface area contributed by atoms with Crippen molar-refractivity contribution in [3.63, 3.8) is 0 Å². The van der Waals surface area contributed by atoms with Gasteiger partial charge in [0.15, 0.2) is 0 Å². The van der Waals surface area contributed by atoms with Crippen LogP contribution in [0.1, 0.15) is 39.0 Å². The molecule has 0 aromatic carbocycles. The maximum absolute atomic E-state index is 11.6. The molecule has 0 spiro atoms. The molecular formula is C11H24N2O2. The fourth-order valence-corrected chi connectivity index (χ4v) is 1.32. The first-order valence-corrected chi connectivity index (χ1v) is 5.70. The summed E-state index contributed by atoms with van der Waals surface area (Å²) in [6, 6.07) is -0.0819. The highest BCUT2D eigenvalue weighted by Gasteiger charge is 2.13. The third-order valence-electron chi connectivity index (χ3n) is 2.66. The first-order valence-electron chi connectivity index (χ1n) is 5.70. The van der Waals surface area contributed by atoms with E-state index < -0.39 is 0 Å². The summed E-state index contributed by atoms with van der Waals surface area (Å²) in [7, 11) is 1.74. The number of hydrogen-bond donors (Lipinski definition) is 2. The van der Waals surface area contributed by atoms with Gasteiger partial charge in [0.2, 0.25) is 5.91 Å². The van der Waals surface area contributed by atoms with Crippen LogP contribution >= 0.6 is 0 Å². The van der Waals surface area contributed by atoms with Crippen LogP contribution in [-0.4, -0.2) is 42.2 Å². The summed E-state index contributed by atoms with van der Waals surface area (Å²) >= 11 is 0. The number of rotatable bonds is 8. The Morgan fingerprint density at radius 3 is 2.47 bits per heavy atom. The average Bonchev–Trinajstić information content (AvgIpc) is 2.26. The number of likely N-dealkylation sites (N-methyl/N-ethyl adjacent to an activating group) is 1. The average molecular weight is 216 g/mol. The van der Waals surface area contributed by atoms with Crippen LogP contribution in [0.5, 0.6) is 0 Å². The van der Waals surface area contributed by atoms with Crippen LogP contribution in [0.2, 0.25) is 0 Å². The van der Waals surface area contributed by atoms with E-state index in [4.69, 9.17) is 10.8 Å². The molecule has 0 aliphatic heterocycles. The van der Waals surface area contributed by atoms with E-state index in [-0.39, 0.29) is 18.6 Å². The zero-order valence-electron chi connectivity index (χ0n) is 9.91. The van der Waals surface area contributed by atoms with Crippen LogP contribution in [0, 0.1) is 0 Å². The van der Waals surface area contributed by atoms with E-state index in [0.717, 1.165) is 32.2 Å². The van der Waals surface area contributed by atoms with Crippen molar-refractivity contribution in [3.05, 3.63) is 0 Å². The Balaban J connectivity index is 3.56. The Morgan fingerprint density at radius 2 is 1.93 bits per heavy atom. The largest absolute Gasteiger partial charge is 0.394 e. The molecule has 0 bridgehead atoms. The number of amides is 1. The molecule has 0 saturated heterocycles. The maximum Gasteiger partial charge on any atom is 0.222 e. The molecule has 15 heavy (non-hydrogen) atoms. The van der Waals surface area contributed by atoms with Crippen molar-refractivity contribution in [1.82, 2.24) is 4.90 Å². The molecule has 0 saturated carbocycles. The molecular weight excluding hydrogens is 192 g/mol. The maximum atomic E-state index is 11.6. The van der Waals surface area contributed by atoms with Gasteiger partial charge in [-0.3, -0.25) is 4.79 Å². The number of nitrogens with zero attached hydrogens (tertiary/aromatic N) is 1. The van der Waals surface area contributed by atoms with Gasteiger partial charge in [-0.05, 0) is 26.3 Å². The van der Waals surface area contributed by atoms with Crippen LogP contribution in [0.4, 0.5) is 0 Å². The molecule has 0 heterocycles. The molecule has 1 unspecified atom stereocenters. The predicted octanol–water partition coefficient (Wildman–Crippen LogP) is 0.735. The third kappa shape index (κ3) is 6.47. The van der Waals surface area contributed by atoms with Gasteiger partial charge < -0.3 is 15.7 Å². The molecule has 0 aromatic heterocycles. The predicted molar refractivity (Wildman–Crippen MR) is 61.5 cm³/mol. The molecule has 3 N–H and O–H groups in total. The molecule has 0 aromatic rings. The fourth-order valence-electron chi connectivity index (χ4n) is 1.32. The standard InChI is InChI=1S/C11H24N2O2/c1-10(9-14)13(2)11(15)7-5-3-4-6-8-12/h10,14H,3-9,12H2,1-2H3. The van der Waals surface area contributed by atoms with Gasteiger partial charge in [-0.1, -0.05) is 12.8 Å². The molecule has 90 valence electrons. The summed E-state index contributed by atoms with van der Waals surface area (Å²) in [5.74, 6) is 0.115. The molecule has 1 atom stereocenters. The van der Waals surface area contributed by atoms with Crippen molar-refractivity contribution in [2.45, 2.75) is 45.1 Å². The smallest absolute Gasteiger partial charge is 0.222 e. The molecule has 0 aliphatic rings. The van der Waals surface area contributed by atoms with E-state index >= 15 is 0 Å². The molecule has 0 rings (SSSR count). The Morgan fingerprint density at radius 1 is 1.33 bits per heavy atom. The minimum absolute atomic E-state index is 0.0232. The number of carbonyl (C=O) groups excluding carboxylic acids is 1. The Hall–Kier alpha value is -0.610. The van der Waals surface area contributed by atoms with Crippen molar-refractivity contribution in [2.24, 2.45) is 5.73 Å². The van der Waals surface area contributed by atoms with Crippen LogP contribution in [0.15, 0.2) is 0 Å². The minimum atomic E-state index is -0.0819. The second-order valence-corrected chi connectivity index (χ2v) is 3.99. The van der Waals surface area contributed by atoms with Gasteiger partial charge in [-0.15, -0.1) is 0 Å². The molecule has 1 amide bonds. The van der Waals surface area contributed by atoms with Crippen LogP contribution in [0.25, 0.3) is 0 Å². The van der Waals surface area contributed by atoms with Gasteiger partial charge in [0.25, 0.3) is 0 Å².